The molecule has 0 spiro atoms. The predicted octanol–water partition coefficient (Wildman–Crippen LogP) is 8.15. The molecule has 0 aliphatic heterocycles. The maximum atomic E-state index is 2.43. The Morgan fingerprint density at radius 1 is 0.630 bits per heavy atom. The van der Waals surface area contributed by atoms with Gasteiger partial charge in [-0.3, -0.25) is 0 Å². The Morgan fingerprint density at radius 3 is 1.59 bits per heavy atom. The highest BCUT2D eigenvalue weighted by molar-refractivity contribution is 14.1. The van der Waals surface area contributed by atoms with E-state index in [1.165, 1.54) is 52.6 Å². The highest BCUT2D eigenvalue weighted by Gasteiger charge is 2.17. The van der Waals surface area contributed by atoms with E-state index in [1.54, 1.807) is 0 Å². The largest absolute Gasteiger partial charge is 0.0616 e. The summed E-state index contributed by atoms with van der Waals surface area (Å²) in [7, 11) is 0. The lowest BCUT2D eigenvalue weighted by Gasteiger charge is -2.21. The maximum Gasteiger partial charge on any atom is 0.0208 e. The van der Waals surface area contributed by atoms with Gasteiger partial charge in [-0.05, 0) is 95.2 Å². The molecule has 0 fully saturated rings. The van der Waals surface area contributed by atoms with Crippen molar-refractivity contribution in [1.29, 1.82) is 0 Å². The Morgan fingerprint density at radius 2 is 1.11 bits per heavy atom. The number of hydrogen-bond acceptors (Lipinski definition) is 0. The van der Waals surface area contributed by atoms with E-state index in [2.05, 4.69) is 116 Å². The van der Waals surface area contributed by atoms with Gasteiger partial charge in [0, 0.05) is 3.57 Å². The van der Waals surface area contributed by atoms with E-state index in [-0.39, 0.29) is 5.41 Å². The lowest BCUT2D eigenvalue weighted by molar-refractivity contribution is 0.591. The van der Waals surface area contributed by atoms with E-state index in [9.17, 15) is 0 Å². The summed E-state index contributed by atoms with van der Waals surface area (Å²) in [6.45, 7) is 6.86. The van der Waals surface area contributed by atoms with Crippen LogP contribution >= 0.6 is 22.6 Å². The van der Waals surface area contributed by atoms with Gasteiger partial charge in [0.05, 0.1) is 0 Å². The van der Waals surface area contributed by atoms with Crippen LogP contribution in [0.2, 0.25) is 0 Å². The summed E-state index contributed by atoms with van der Waals surface area (Å²) in [5, 5.41) is 8.12. The second-order valence-corrected chi connectivity index (χ2v) is 9.62. The average Bonchev–Trinajstić information content (AvgIpc) is 2.65. The van der Waals surface area contributed by atoms with E-state index in [1.807, 2.05) is 0 Å². The fourth-order valence-corrected chi connectivity index (χ4v) is 4.82. The fraction of sp³-hybridized carbons (Fsp3) is 0.154. The quantitative estimate of drug-likeness (QED) is 0.175. The third-order valence-corrected chi connectivity index (χ3v) is 6.53. The van der Waals surface area contributed by atoms with Gasteiger partial charge in [0.25, 0.3) is 0 Å². The second kappa shape index (κ2) is 5.93. The molecule has 5 aromatic rings. The number of halogens is 1. The molecular weight excluding hydrogens is 439 g/mol. The van der Waals surface area contributed by atoms with Crippen LogP contribution < -0.4 is 0 Å². The lowest BCUT2D eigenvalue weighted by Crippen LogP contribution is -2.10. The summed E-state index contributed by atoms with van der Waals surface area (Å²) >= 11 is 2.43. The van der Waals surface area contributed by atoms with Gasteiger partial charge < -0.3 is 0 Å². The normalized spacial score (nSPS) is 12.4. The van der Waals surface area contributed by atoms with Gasteiger partial charge in [-0.15, -0.1) is 0 Å². The predicted molar refractivity (Wildman–Crippen MR) is 127 cm³/mol. The molecule has 0 aliphatic carbocycles. The molecular formula is C26H21I. The van der Waals surface area contributed by atoms with Crippen molar-refractivity contribution in [2.24, 2.45) is 0 Å². The zero-order valence-electron chi connectivity index (χ0n) is 15.8. The second-order valence-electron chi connectivity index (χ2n) is 8.46. The minimum absolute atomic E-state index is 0.154. The van der Waals surface area contributed by atoms with Crippen LogP contribution in [0, 0.1) is 3.57 Å². The smallest absolute Gasteiger partial charge is 0.0208 e. The average molecular weight is 460 g/mol. The molecule has 5 rings (SSSR count). The standard InChI is InChI=1S/C26H21I/c1-26(2,3)21-14-18-10-8-16-12-20(22-6-4-5-7-23(22)27)13-17-9-11-19(15-21)25(18)24(16)17/h4-15H,1-3H3. The van der Waals surface area contributed by atoms with Crippen LogP contribution in [0.3, 0.4) is 0 Å². The highest BCUT2D eigenvalue weighted by atomic mass is 127. The Bertz CT molecular complexity index is 1240. The van der Waals surface area contributed by atoms with Crippen molar-refractivity contribution in [2.75, 3.05) is 0 Å². The van der Waals surface area contributed by atoms with Crippen LogP contribution in [0.5, 0.6) is 0 Å². The molecule has 1 heteroatoms. The minimum Gasteiger partial charge on any atom is -0.0616 e. The number of benzene rings is 5. The van der Waals surface area contributed by atoms with Crippen LogP contribution in [-0.4, -0.2) is 0 Å². The Labute approximate surface area is 173 Å². The van der Waals surface area contributed by atoms with Crippen LogP contribution in [0.4, 0.5) is 0 Å². The van der Waals surface area contributed by atoms with Crippen molar-refractivity contribution in [3.63, 3.8) is 0 Å². The molecule has 0 amide bonds. The molecule has 0 aliphatic rings. The molecule has 0 N–H and O–H groups in total. The Balaban J connectivity index is 1.85. The monoisotopic (exact) mass is 460 g/mol. The number of hydrogen-bond donors (Lipinski definition) is 0. The molecule has 27 heavy (non-hydrogen) atoms. The maximum absolute atomic E-state index is 2.43. The molecule has 0 aromatic heterocycles. The van der Waals surface area contributed by atoms with Crippen LogP contribution in [0.25, 0.3) is 43.4 Å². The van der Waals surface area contributed by atoms with Gasteiger partial charge in [-0.2, -0.15) is 0 Å². The van der Waals surface area contributed by atoms with Crippen molar-refractivity contribution in [2.45, 2.75) is 26.2 Å². The number of rotatable bonds is 1. The van der Waals surface area contributed by atoms with E-state index < -0.39 is 0 Å². The third kappa shape index (κ3) is 2.71. The van der Waals surface area contributed by atoms with Crippen LogP contribution in [-0.2, 0) is 5.41 Å². The summed E-state index contributed by atoms with van der Waals surface area (Å²) in [6.07, 6.45) is 0. The van der Waals surface area contributed by atoms with Crippen LogP contribution in [0.15, 0.2) is 72.8 Å². The van der Waals surface area contributed by atoms with Gasteiger partial charge in [0.1, 0.15) is 0 Å². The van der Waals surface area contributed by atoms with Crippen molar-refractivity contribution in [3.05, 3.63) is 81.9 Å². The summed E-state index contributed by atoms with van der Waals surface area (Å²) in [5.41, 5.74) is 4.15. The molecule has 0 bridgehead atoms. The van der Waals surface area contributed by atoms with Gasteiger partial charge >= 0.3 is 0 Å². The fourth-order valence-electron chi connectivity index (χ4n) is 4.12. The zero-order chi connectivity index (χ0) is 18.8. The summed E-state index contributed by atoms with van der Waals surface area (Å²) in [4.78, 5) is 0. The van der Waals surface area contributed by atoms with E-state index in [0.29, 0.717) is 0 Å². The molecule has 0 nitrogen and oxygen atoms in total. The SMILES string of the molecule is CC(C)(C)c1cc2ccc3cc(-c4ccccc4I)cc4ccc(c1)c2c34. The molecule has 0 unspecified atom stereocenters. The first-order valence-corrected chi connectivity index (χ1v) is 10.5. The first kappa shape index (κ1) is 17.0. The van der Waals surface area contributed by atoms with E-state index in [4.69, 9.17) is 0 Å². The zero-order valence-corrected chi connectivity index (χ0v) is 18.0. The van der Waals surface area contributed by atoms with Crippen molar-refractivity contribution in [3.8, 4) is 11.1 Å². The van der Waals surface area contributed by atoms with E-state index in [0.717, 1.165) is 0 Å². The molecule has 0 heterocycles. The molecule has 5 aromatic carbocycles. The summed E-state index contributed by atoms with van der Waals surface area (Å²) in [5.74, 6) is 0. The van der Waals surface area contributed by atoms with Gasteiger partial charge in [0.2, 0.25) is 0 Å². The molecule has 132 valence electrons. The minimum atomic E-state index is 0.154. The van der Waals surface area contributed by atoms with Gasteiger partial charge in [0.15, 0.2) is 0 Å². The van der Waals surface area contributed by atoms with Crippen LogP contribution in [0.1, 0.15) is 26.3 Å². The molecule has 0 radical (unpaired) electrons. The molecule has 0 saturated carbocycles. The first-order valence-electron chi connectivity index (χ1n) is 9.40. The van der Waals surface area contributed by atoms with Crippen molar-refractivity contribution in [1.82, 2.24) is 0 Å². The Hall–Kier alpha value is -2.13. The van der Waals surface area contributed by atoms with E-state index >= 15 is 0 Å². The third-order valence-electron chi connectivity index (χ3n) is 5.58. The first-order chi connectivity index (χ1) is 12.9. The van der Waals surface area contributed by atoms with Crippen molar-refractivity contribution >= 4 is 54.9 Å². The highest BCUT2D eigenvalue weighted by Crippen LogP contribution is 2.40. The molecule has 0 saturated heterocycles. The van der Waals surface area contributed by atoms with Crippen molar-refractivity contribution < 1.29 is 0 Å². The summed E-state index contributed by atoms with van der Waals surface area (Å²) in [6, 6.07) is 27.2. The lowest BCUT2D eigenvalue weighted by atomic mass is 9.83. The van der Waals surface area contributed by atoms with Gasteiger partial charge in [-0.1, -0.05) is 75.4 Å². The summed E-state index contributed by atoms with van der Waals surface area (Å²) < 4.78 is 1.29. The molecule has 0 atom stereocenters. The Kier molecular flexibility index (Phi) is 3.74. The van der Waals surface area contributed by atoms with Gasteiger partial charge in [-0.25, -0.2) is 0 Å². The topological polar surface area (TPSA) is 0 Å².